The number of carboxylic acids is 1. The summed E-state index contributed by atoms with van der Waals surface area (Å²) in [6.45, 7) is 3.80. The van der Waals surface area contributed by atoms with E-state index >= 15 is 0 Å². The second-order valence-corrected chi connectivity index (χ2v) is 5.40. The zero-order valence-corrected chi connectivity index (χ0v) is 12.9. The van der Waals surface area contributed by atoms with E-state index in [9.17, 15) is 20.0 Å². The van der Waals surface area contributed by atoms with Gasteiger partial charge in [-0.15, -0.1) is 0 Å². The summed E-state index contributed by atoms with van der Waals surface area (Å²) in [6, 6.07) is 11.4. The van der Waals surface area contributed by atoms with Crippen molar-refractivity contribution < 1.29 is 19.6 Å². The van der Waals surface area contributed by atoms with Crippen molar-refractivity contribution in [3.63, 3.8) is 0 Å². The minimum atomic E-state index is -1.12. The van der Waals surface area contributed by atoms with Crippen LogP contribution in [0.4, 0.5) is 5.69 Å². The third-order valence-electron chi connectivity index (χ3n) is 3.29. The van der Waals surface area contributed by atoms with Crippen LogP contribution in [0.3, 0.4) is 0 Å². The second-order valence-electron chi connectivity index (χ2n) is 5.40. The summed E-state index contributed by atoms with van der Waals surface area (Å²) in [7, 11) is 0. The molecule has 0 aromatic heterocycles. The van der Waals surface area contributed by atoms with Crippen LogP contribution < -0.4 is 4.74 Å². The average molecular weight is 315 g/mol. The summed E-state index contributed by atoms with van der Waals surface area (Å²) in [5, 5.41) is 20.2. The van der Waals surface area contributed by atoms with Gasteiger partial charge in [0.15, 0.2) is 6.10 Å². The lowest BCUT2D eigenvalue weighted by Crippen LogP contribution is -2.29. The van der Waals surface area contributed by atoms with Crippen LogP contribution in [-0.2, 0) is 11.2 Å². The van der Waals surface area contributed by atoms with E-state index in [0.29, 0.717) is 11.3 Å². The van der Waals surface area contributed by atoms with Crippen LogP contribution in [-0.4, -0.2) is 22.1 Å². The first-order valence-electron chi connectivity index (χ1n) is 7.06. The number of hydrogen-bond donors (Lipinski definition) is 1. The van der Waals surface area contributed by atoms with Crippen LogP contribution in [0.1, 0.15) is 16.7 Å². The predicted molar refractivity (Wildman–Crippen MR) is 84.8 cm³/mol. The molecule has 0 aliphatic carbocycles. The summed E-state index contributed by atoms with van der Waals surface area (Å²) in [4.78, 5) is 21.7. The third kappa shape index (κ3) is 4.54. The molecule has 0 bridgehead atoms. The fourth-order valence-electron chi connectivity index (χ4n) is 2.36. The number of rotatable bonds is 6. The van der Waals surface area contributed by atoms with Crippen LogP contribution in [0.2, 0.25) is 0 Å². The maximum Gasteiger partial charge on any atom is 0.345 e. The Morgan fingerprint density at radius 1 is 1.22 bits per heavy atom. The van der Waals surface area contributed by atoms with Gasteiger partial charge in [0.1, 0.15) is 5.75 Å². The first-order chi connectivity index (χ1) is 10.8. The predicted octanol–water partition coefficient (Wildman–Crippen LogP) is 3.29. The maximum atomic E-state index is 11.4. The molecule has 0 amide bonds. The van der Waals surface area contributed by atoms with Crippen LogP contribution in [0.15, 0.2) is 42.5 Å². The molecule has 0 radical (unpaired) electrons. The molecule has 23 heavy (non-hydrogen) atoms. The van der Waals surface area contributed by atoms with E-state index in [4.69, 9.17) is 4.74 Å². The molecule has 0 saturated heterocycles. The molecule has 0 saturated carbocycles. The molecule has 120 valence electrons. The molecule has 6 heteroatoms. The van der Waals surface area contributed by atoms with Gasteiger partial charge in [-0.05, 0) is 42.7 Å². The van der Waals surface area contributed by atoms with Crippen LogP contribution in [0, 0.1) is 24.0 Å². The van der Waals surface area contributed by atoms with Gasteiger partial charge in [0.25, 0.3) is 5.69 Å². The number of hydrogen-bond acceptors (Lipinski definition) is 4. The summed E-state index contributed by atoms with van der Waals surface area (Å²) < 4.78 is 5.57. The van der Waals surface area contributed by atoms with Crippen molar-refractivity contribution in [1.29, 1.82) is 0 Å². The Morgan fingerprint density at radius 2 is 1.87 bits per heavy atom. The van der Waals surface area contributed by atoms with Gasteiger partial charge in [-0.1, -0.05) is 18.2 Å². The first-order valence-corrected chi connectivity index (χ1v) is 7.06. The van der Waals surface area contributed by atoms with Gasteiger partial charge >= 0.3 is 5.97 Å². The number of ether oxygens (including phenoxy) is 1. The lowest BCUT2D eigenvalue weighted by molar-refractivity contribution is -0.384. The summed E-state index contributed by atoms with van der Waals surface area (Å²) in [5.41, 5.74) is 2.41. The van der Waals surface area contributed by atoms with Gasteiger partial charge in [0.05, 0.1) is 4.92 Å². The van der Waals surface area contributed by atoms with E-state index in [-0.39, 0.29) is 12.1 Å². The molecule has 0 spiro atoms. The Balaban J connectivity index is 2.20. The lowest BCUT2D eigenvalue weighted by Gasteiger charge is -2.16. The molecular formula is C17H17NO5. The van der Waals surface area contributed by atoms with E-state index in [0.717, 1.165) is 11.1 Å². The second kappa shape index (κ2) is 6.91. The highest BCUT2D eigenvalue weighted by Crippen LogP contribution is 2.20. The zero-order valence-electron chi connectivity index (χ0n) is 12.9. The Morgan fingerprint density at radius 3 is 2.43 bits per heavy atom. The standard InChI is InChI=1S/C17H17NO5/c1-11-6-12(2)8-15(7-11)23-16(17(19)20)10-13-4-3-5-14(9-13)18(21)22/h3-9,16H,10H2,1-2H3,(H,19,20). The van der Waals surface area contributed by atoms with Gasteiger partial charge in [-0.2, -0.15) is 0 Å². The molecule has 6 nitrogen and oxygen atoms in total. The van der Waals surface area contributed by atoms with Gasteiger partial charge in [0, 0.05) is 18.6 Å². The number of non-ortho nitro benzene ring substituents is 1. The summed E-state index contributed by atoms with van der Waals surface area (Å²) in [6.07, 6.45) is -1.07. The van der Waals surface area contributed by atoms with E-state index in [1.165, 1.54) is 18.2 Å². The number of aryl methyl sites for hydroxylation is 2. The highest BCUT2D eigenvalue weighted by Gasteiger charge is 2.21. The molecule has 0 aliphatic heterocycles. The van der Waals surface area contributed by atoms with Crippen molar-refractivity contribution in [3.05, 3.63) is 69.3 Å². The highest BCUT2D eigenvalue weighted by molar-refractivity contribution is 5.73. The molecule has 2 aromatic rings. The van der Waals surface area contributed by atoms with Gasteiger partial charge in [0.2, 0.25) is 0 Å². The van der Waals surface area contributed by atoms with E-state index < -0.39 is 17.0 Å². The van der Waals surface area contributed by atoms with E-state index in [1.807, 2.05) is 19.9 Å². The van der Waals surface area contributed by atoms with Crippen LogP contribution in [0.5, 0.6) is 5.75 Å². The number of carboxylic acid groups (broad SMARTS) is 1. The first kappa shape index (κ1) is 16.5. The number of nitro benzene ring substituents is 1. The summed E-state index contributed by atoms with van der Waals surface area (Å²) >= 11 is 0. The van der Waals surface area contributed by atoms with Gasteiger partial charge in [-0.3, -0.25) is 10.1 Å². The quantitative estimate of drug-likeness (QED) is 0.652. The van der Waals surface area contributed by atoms with Crippen molar-refractivity contribution in [2.75, 3.05) is 0 Å². The lowest BCUT2D eigenvalue weighted by atomic mass is 10.1. The Hall–Kier alpha value is -2.89. The monoisotopic (exact) mass is 315 g/mol. The van der Waals surface area contributed by atoms with Crippen LogP contribution >= 0.6 is 0 Å². The Bertz CT molecular complexity index is 721. The normalized spacial score (nSPS) is 11.7. The number of nitrogens with zero attached hydrogens (tertiary/aromatic N) is 1. The van der Waals surface area contributed by atoms with Gasteiger partial charge < -0.3 is 9.84 Å². The molecule has 1 atom stereocenters. The molecule has 0 heterocycles. The molecule has 0 fully saturated rings. The van der Waals surface area contributed by atoms with Crippen molar-refractivity contribution in [2.45, 2.75) is 26.4 Å². The van der Waals surface area contributed by atoms with Crippen LogP contribution in [0.25, 0.3) is 0 Å². The zero-order chi connectivity index (χ0) is 17.0. The molecule has 2 aromatic carbocycles. The largest absolute Gasteiger partial charge is 0.478 e. The maximum absolute atomic E-state index is 11.4. The topological polar surface area (TPSA) is 89.7 Å². The minimum Gasteiger partial charge on any atom is -0.478 e. The molecular weight excluding hydrogens is 298 g/mol. The number of nitro groups is 1. The fraction of sp³-hybridized carbons (Fsp3) is 0.235. The number of benzene rings is 2. The molecule has 1 N–H and O–H groups in total. The van der Waals surface area contributed by atoms with Crippen molar-refractivity contribution in [1.82, 2.24) is 0 Å². The smallest absolute Gasteiger partial charge is 0.345 e. The third-order valence-corrected chi connectivity index (χ3v) is 3.29. The minimum absolute atomic E-state index is 0.0456. The van der Waals surface area contributed by atoms with Crippen molar-refractivity contribution >= 4 is 11.7 Å². The van der Waals surface area contributed by atoms with Crippen molar-refractivity contribution in [3.8, 4) is 5.75 Å². The average Bonchev–Trinajstić information content (AvgIpc) is 2.45. The molecule has 2 rings (SSSR count). The molecule has 1 unspecified atom stereocenters. The Labute approximate surface area is 133 Å². The summed E-state index contributed by atoms with van der Waals surface area (Å²) in [5.74, 6) is -0.643. The SMILES string of the molecule is Cc1cc(C)cc(OC(Cc2cccc([N+](=O)[O-])c2)C(=O)O)c1. The fourth-order valence-corrected chi connectivity index (χ4v) is 2.36. The number of carbonyl (C=O) groups is 1. The van der Waals surface area contributed by atoms with E-state index in [2.05, 4.69) is 0 Å². The molecule has 0 aliphatic rings. The van der Waals surface area contributed by atoms with Gasteiger partial charge in [-0.25, -0.2) is 4.79 Å². The Kier molecular flexibility index (Phi) is 4.95. The van der Waals surface area contributed by atoms with E-state index in [1.54, 1.807) is 18.2 Å². The number of aliphatic carboxylic acids is 1. The highest BCUT2D eigenvalue weighted by atomic mass is 16.6. The van der Waals surface area contributed by atoms with Crippen molar-refractivity contribution in [2.24, 2.45) is 0 Å².